The maximum Gasteiger partial charge on any atom is 0.331 e. The molecule has 1 aromatic rings. The molecule has 0 unspecified atom stereocenters. The van der Waals surface area contributed by atoms with Gasteiger partial charge in [-0.2, -0.15) is 0 Å². The molecule has 4 nitrogen and oxygen atoms in total. The van der Waals surface area contributed by atoms with Crippen LogP contribution in [-0.2, 0) is 0 Å². The van der Waals surface area contributed by atoms with E-state index >= 15 is 0 Å². The van der Waals surface area contributed by atoms with Gasteiger partial charge in [0.05, 0.1) is 5.88 Å². The topological polar surface area (TPSA) is 35.9 Å². The lowest BCUT2D eigenvalue weighted by Crippen LogP contribution is -2.50. The van der Waals surface area contributed by atoms with E-state index in [0.717, 1.165) is 18.0 Å². The second-order valence-electron chi connectivity index (χ2n) is 5.47. The van der Waals surface area contributed by atoms with Gasteiger partial charge >= 0.3 is 6.03 Å². The van der Waals surface area contributed by atoms with Gasteiger partial charge in [-0.3, -0.25) is 14.8 Å². The van der Waals surface area contributed by atoms with Crippen molar-refractivity contribution < 1.29 is 9.18 Å². The van der Waals surface area contributed by atoms with Crippen molar-refractivity contribution in [3.63, 3.8) is 0 Å². The van der Waals surface area contributed by atoms with E-state index in [1.165, 1.54) is 12.1 Å². The number of anilines is 1. The fourth-order valence-corrected chi connectivity index (χ4v) is 3.24. The van der Waals surface area contributed by atoms with Crippen molar-refractivity contribution in [2.24, 2.45) is 4.99 Å². The van der Waals surface area contributed by atoms with Gasteiger partial charge in [0.15, 0.2) is 5.17 Å². The van der Waals surface area contributed by atoms with Crippen molar-refractivity contribution in [3.05, 3.63) is 30.1 Å². The highest BCUT2D eigenvalue weighted by atomic mass is 32.2. The number of rotatable bonds is 5. The highest BCUT2D eigenvalue weighted by molar-refractivity contribution is 8.14. The maximum absolute atomic E-state index is 13.1. The van der Waals surface area contributed by atoms with Gasteiger partial charge in [0.1, 0.15) is 5.82 Å². The molecule has 1 saturated heterocycles. The van der Waals surface area contributed by atoms with Crippen molar-refractivity contribution in [3.8, 4) is 0 Å². The fraction of sp³-hybridized carbons (Fsp3) is 0.500. The molecule has 0 radical (unpaired) electrons. The van der Waals surface area contributed by atoms with Gasteiger partial charge in [-0.25, -0.2) is 9.18 Å². The lowest BCUT2D eigenvalue weighted by molar-refractivity contribution is 0.227. The van der Waals surface area contributed by atoms with Gasteiger partial charge in [-0.1, -0.05) is 25.1 Å². The van der Waals surface area contributed by atoms with Gasteiger partial charge < -0.3 is 0 Å². The van der Waals surface area contributed by atoms with Crippen LogP contribution in [-0.4, -0.2) is 34.6 Å². The summed E-state index contributed by atoms with van der Waals surface area (Å²) in [4.78, 5) is 20.7. The third-order valence-electron chi connectivity index (χ3n) is 3.26. The molecular weight excluding hydrogens is 301 g/mol. The van der Waals surface area contributed by atoms with E-state index in [0.29, 0.717) is 18.1 Å². The van der Waals surface area contributed by atoms with E-state index in [2.05, 4.69) is 11.9 Å². The molecule has 1 aromatic carbocycles. The summed E-state index contributed by atoms with van der Waals surface area (Å²) in [6, 6.07) is 6.09. The molecule has 22 heavy (non-hydrogen) atoms. The van der Waals surface area contributed by atoms with Crippen LogP contribution in [0.1, 0.15) is 33.6 Å². The molecule has 0 atom stereocenters. The molecular formula is C16H22FN3OS. The minimum absolute atomic E-state index is 0.0850. The lowest BCUT2D eigenvalue weighted by atomic mass is 10.3. The first-order chi connectivity index (χ1) is 10.5. The monoisotopic (exact) mass is 323 g/mol. The van der Waals surface area contributed by atoms with Crippen LogP contribution in [0.25, 0.3) is 0 Å². The Labute approximate surface area is 135 Å². The molecule has 0 saturated carbocycles. The van der Waals surface area contributed by atoms with Crippen LogP contribution in [0.3, 0.4) is 0 Å². The minimum Gasteiger partial charge on any atom is -0.284 e. The summed E-state index contributed by atoms with van der Waals surface area (Å²) in [5.41, 5.74) is 0.712. The Bertz CT molecular complexity index is 545. The third-order valence-corrected chi connectivity index (χ3v) is 4.23. The second-order valence-corrected chi connectivity index (χ2v) is 6.38. The van der Waals surface area contributed by atoms with Gasteiger partial charge in [-0.15, -0.1) is 0 Å². The Morgan fingerprint density at radius 3 is 2.59 bits per heavy atom. The Kier molecular flexibility index (Phi) is 5.83. The number of amidine groups is 1. The molecule has 2 amide bonds. The van der Waals surface area contributed by atoms with Crippen molar-refractivity contribution in [1.82, 2.24) is 4.90 Å². The summed E-state index contributed by atoms with van der Waals surface area (Å²) in [6.45, 7) is 6.76. The smallest absolute Gasteiger partial charge is 0.284 e. The average molecular weight is 323 g/mol. The van der Waals surface area contributed by atoms with Crippen LogP contribution in [0.15, 0.2) is 29.3 Å². The number of carbonyl (C=O) groups excluding carboxylic acids is 1. The van der Waals surface area contributed by atoms with Crippen LogP contribution in [0.2, 0.25) is 0 Å². The molecule has 0 spiro atoms. The fourth-order valence-electron chi connectivity index (χ4n) is 2.12. The molecule has 0 bridgehead atoms. The third kappa shape index (κ3) is 4.00. The summed E-state index contributed by atoms with van der Waals surface area (Å²) in [5, 5.41) is 0.784. The van der Waals surface area contributed by atoms with E-state index in [4.69, 9.17) is 0 Å². The minimum atomic E-state index is -0.300. The quantitative estimate of drug-likeness (QED) is 0.809. The number of carbonyl (C=O) groups is 1. The number of benzene rings is 1. The molecule has 0 aromatic heterocycles. The first kappa shape index (κ1) is 16.8. The average Bonchev–Trinajstić information content (AvgIpc) is 2.48. The normalized spacial score (nSPS) is 17.7. The molecule has 1 aliphatic rings. The first-order valence-corrected chi connectivity index (χ1v) is 8.56. The lowest BCUT2D eigenvalue weighted by Gasteiger charge is -2.36. The number of aliphatic imine (C=N–C) groups is 1. The zero-order valence-corrected chi connectivity index (χ0v) is 14.1. The van der Waals surface area contributed by atoms with Crippen LogP contribution in [0.4, 0.5) is 14.9 Å². The molecule has 6 heteroatoms. The van der Waals surface area contributed by atoms with Gasteiger partial charge in [0.2, 0.25) is 0 Å². The van der Waals surface area contributed by atoms with Crippen molar-refractivity contribution in [1.29, 1.82) is 0 Å². The van der Waals surface area contributed by atoms with Crippen molar-refractivity contribution in [2.45, 2.75) is 39.7 Å². The van der Waals surface area contributed by atoms with Crippen LogP contribution in [0, 0.1) is 5.82 Å². The summed E-state index contributed by atoms with van der Waals surface area (Å²) < 4.78 is 13.1. The summed E-state index contributed by atoms with van der Waals surface area (Å²) in [5.74, 6) is 0.198. The first-order valence-electron chi connectivity index (χ1n) is 7.58. The van der Waals surface area contributed by atoms with Gasteiger partial charge in [-0.05, 0) is 44.5 Å². The number of unbranched alkanes of at least 4 members (excludes halogenated alkanes) is 1. The van der Waals surface area contributed by atoms with E-state index in [1.54, 1.807) is 33.7 Å². The second kappa shape index (κ2) is 7.63. The molecule has 120 valence electrons. The number of hydrogen-bond acceptors (Lipinski definition) is 3. The van der Waals surface area contributed by atoms with Crippen LogP contribution < -0.4 is 4.90 Å². The Morgan fingerprint density at radius 2 is 2.00 bits per heavy atom. The van der Waals surface area contributed by atoms with Crippen molar-refractivity contribution >= 4 is 28.6 Å². The molecule has 1 fully saturated rings. The Balaban J connectivity index is 2.23. The van der Waals surface area contributed by atoms with E-state index in [9.17, 15) is 9.18 Å². The zero-order valence-electron chi connectivity index (χ0n) is 13.3. The molecule has 1 aliphatic heterocycles. The van der Waals surface area contributed by atoms with Crippen LogP contribution in [0.5, 0.6) is 0 Å². The summed E-state index contributed by atoms with van der Waals surface area (Å²) in [7, 11) is 0. The number of nitrogens with zero attached hydrogens (tertiary/aromatic N) is 3. The van der Waals surface area contributed by atoms with E-state index in [1.807, 2.05) is 13.8 Å². The number of halogens is 1. The summed E-state index contributed by atoms with van der Waals surface area (Å²) in [6.07, 6.45) is 1.95. The Hall–Kier alpha value is -1.56. The number of hydrogen-bond donors (Lipinski definition) is 0. The van der Waals surface area contributed by atoms with E-state index in [-0.39, 0.29) is 17.9 Å². The maximum atomic E-state index is 13.1. The molecule has 0 aliphatic carbocycles. The predicted octanol–water partition coefficient (Wildman–Crippen LogP) is 4.32. The SMILES string of the molecule is CCCCN1C(=O)N(c2ccc(F)cc2)CSC1=NC(C)C. The van der Waals surface area contributed by atoms with Gasteiger partial charge in [0, 0.05) is 18.3 Å². The molecule has 1 heterocycles. The van der Waals surface area contributed by atoms with Crippen molar-refractivity contribution in [2.75, 3.05) is 17.3 Å². The van der Waals surface area contributed by atoms with Gasteiger partial charge in [0.25, 0.3) is 0 Å². The zero-order chi connectivity index (χ0) is 16.1. The summed E-state index contributed by atoms with van der Waals surface area (Å²) >= 11 is 1.55. The number of thioether (sulfide) groups is 1. The predicted molar refractivity (Wildman–Crippen MR) is 90.9 cm³/mol. The van der Waals surface area contributed by atoms with E-state index < -0.39 is 0 Å². The number of amides is 2. The molecule has 0 N–H and O–H groups in total. The number of urea groups is 1. The Morgan fingerprint density at radius 1 is 1.32 bits per heavy atom. The highest BCUT2D eigenvalue weighted by Gasteiger charge is 2.31. The highest BCUT2D eigenvalue weighted by Crippen LogP contribution is 2.27. The molecule has 2 rings (SSSR count). The standard InChI is InChI=1S/C16H22FN3OS/c1-4-5-10-19-15(18-12(2)3)22-11-20(16(19)21)14-8-6-13(17)7-9-14/h6-9,12H,4-5,10-11H2,1-3H3. The van der Waals surface area contributed by atoms with Crippen LogP contribution >= 0.6 is 11.8 Å². The largest absolute Gasteiger partial charge is 0.331 e.